The Morgan fingerprint density at radius 3 is 2.23 bits per heavy atom. The molecule has 0 aliphatic carbocycles. The van der Waals surface area contributed by atoms with Crippen molar-refractivity contribution in [3.05, 3.63) is 65.5 Å². The van der Waals surface area contributed by atoms with Crippen molar-refractivity contribution in [2.24, 2.45) is 5.92 Å². The summed E-state index contributed by atoms with van der Waals surface area (Å²) in [7, 11) is -1.94. The zero-order valence-electron chi connectivity index (χ0n) is 17.0. The highest BCUT2D eigenvalue weighted by Gasteiger charge is 2.34. The number of halogens is 1. The Kier molecular flexibility index (Phi) is 6.54. The van der Waals surface area contributed by atoms with Crippen LogP contribution in [0, 0.1) is 23.1 Å². The van der Waals surface area contributed by atoms with E-state index in [-0.39, 0.29) is 41.7 Å². The van der Waals surface area contributed by atoms with Crippen LogP contribution in [0.1, 0.15) is 36.9 Å². The van der Waals surface area contributed by atoms with Gasteiger partial charge in [0.25, 0.3) is 0 Å². The van der Waals surface area contributed by atoms with E-state index >= 15 is 0 Å². The summed E-state index contributed by atoms with van der Waals surface area (Å²) in [5.41, 5.74) is 1.24. The first-order valence-electron chi connectivity index (χ1n) is 9.76. The van der Waals surface area contributed by atoms with Crippen LogP contribution in [0.5, 0.6) is 0 Å². The van der Waals surface area contributed by atoms with E-state index in [0.717, 1.165) is 5.56 Å². The smallest absolute Gasteiger partial charge is 0.243 e. The van der Waals surface area contributed by atoms with Crippen LogP contribution >= 0.6 is 0 Å². The maximum atomic E-state index is 13.1. The van der Waals surface area contributed by atoms with E-state index in [4.69, 9.17) is 5.26 Å². The van der Waals surface area contributed by atoms with Gasteiger partial charge in [0.2, 0.25) is 15.9 Å². The Morgan fingerprint density at radius 2 is 1.70 bits per heavy atom. The van der Waals surface area contributed by atoms with Crippen molar-refractivity contribution in [3.8, 4) is 6.07 Å². The lowest BCUT2D eigenvalue weighted by atomic mass is 9.95. The number of hydrogen-bond acceptors (Lipinski definition) is 4. The standard InChI is InChI=1S/C22H24FN3O3S/c1-16(18-5-7-20(23)8-6-18)25(2)22(27)19-11-13-26(14-12-19)30(28,29)21-9-3-17(15-24)4-10-21/h3-10,16,19H,11-14H2,1-2H3. The van der Waals surface area contributed by atoms with Gasteiger partial charge in [-0.05, 0) is 61.7 Å². The SMILES string of the molecule is CC(c1ccc(F)cc1)N(C)C(=O)C1CCN(S(=O)(=O)c2ccc(C#N)cc2)CC1. The number of rotatable bonds is 5. The third-order valence-corrected chi connectivity index (χ3v) is 7.62. The summed E-state index contributed by atoms with van der Waals surface area (Å²) in [5.74, 6) is -0.622. The average Bonchev–Trinajstić information content (AvgIpc) is 2.78. The lowest BCUT2D eigenvalue weighted by molar-refractivity contribution is -0.137. The Hall–Kier alpha value is -2.76. The molecule has 0 N–H and O–H groups in total. The van der Waals surface area contributed by atoms with E-state index in [9.17, 15) is 17.6 Å². The fourth-order valence-corrected chi connectivity index (χ4v) is 5.11. The molecule has 1 atom stereocenters. The Balaban J connectivity index is 1.63. The Labute approximate surface area is 176 Å². The number of carbonyl (C=O) groups excluding carboxylic acids is 1. The van der Waals surface area contributed by atoms with Crippen molar-refractivity contribution >= 4 is 15.9 Å². The van der Waals surface area contributed by atoms with Crippen molar-refractivity contribution < 1.29 is 17.6 Å². The molecule has 1 aliphatic rings. The van der Waals surface area contributed by atoms with Gasteiger partial charge in [0.05, 0.1) is 22.6 Å². The molecule has 30 heavy (non-hydrogen) atoms. The van der Waals surface area contributed by atoms with Gasteiger partial charge in [-0.15, -0.1) is 0 Å². The molecule has 158 valence electrons. The fourth-order valence-electron chi connectivity index (χ4n) is 3.64. The van der Waals surface area contributed by atoms with Crippen molar-refractivity contribution in [1.29, 1.82) is 5.26 Å². The number of hydrogen-bond donors (Lipinski definition) is 0. The minimum Gasteiger partial charge on any atom is -0.339 e. The maximum Gasteiger partial charge on any atom is 0.243 e. The van der Waals surface area contributed by atoms with Gasteiger partial charge in [-0.1, -0.05) is 12.1 Å². The van der Waals surface area contributed by atoms with Crippen molar-refractivity contribution in [2.45, 2.75) is 30.7 Å². The predicted molar refractivity (Wildman–Crippen MR) is 110 cm³/mol. The highest BCUT2D eigenvalue weighted by atomic mass is 32.2. The van der Waals surface area contributed by atoms with Gasteiger partial charge in [-0.25, -0.2) is 12.8 Å². The highest BCUT2D eigenvalue weighted by Crippen LogP contribution is 2.28. The van der Waals surface area contributed by atoms with Crippen LogP contribution < -0.4 is 0 Å². The normalized spacial score (nSPS) is 16.6. The minimum atomic E-state index is -3.66. The van der Waals surface area contributed by atoms with Gasteiger partial charge in [-0.3, -0.25) is 4.79 Å². The molecule has 1 fully saturated rings. The quantitative estimate of drug-likeness (QED) is 0.730. The van der Waals surface area contributed by atoms with Crippen LogP contribution in [0.25, 0.3) is 0 Å². The number of sulfonamides is 1. The largest absolute Gasteiger partial charge is 0.339 e. The molecule has 2 aromatic rings. The summed E-state index contributed by atoms with van der Waals surface area (Å²) in [6.07, 6.45) is 0.879. The first-order chi connectivity index (χ1) is 14.2. The number of piperidine rings is 1. The first-order valence-corrected chi connectivity index (χ1v) is 11.2. The van der Waals surface area contributed by atoms with Gasteiger partial charge in [0, 0.05) is 26.1 Å². The molecule has 0 radical (unpaired) electrons. The molecule has 0 bridgehead atoms. The minimum absolute atomic E-state index is 0.0396. The van der Waals surface area contributed by atoms with E-state index < -0.39 is 10.0 Å². The maximum absolute atomic E-state index is 13.1. The number of nitrogens with zero attached hydrogens (tertiary/aromatic N) is 3. The third kappa shape index (κ3) is 4.53. The Morgan fingerprint density at radius 1 is 1.13 bits per heavy atom. The second-order valence-electron chi connectivity index (χ2n) is 7.49. The van der Waals surface area contributed by atoms with Gasteiger partial charge in [0.1, 0.15) is 5.82 Å². The number of amides is 1. The highest BCUT2D eigenvalue weighted by molar-refractivity contribution is 7.89. The number of nitriles is 1. The summed E-state index contributed by atoms with van der Waals surface area (Å²) in [6, 6.07) is 13.7. The van der Waals surface area contributed by atoms with Crippen LogP contribution in [0.4, 0.5) is 4.39 Å². The summed E-state index contributed by atoms with van der Waals surface area (Å²) >= 11 is 0. The molecule has 1 heterocycles. The topological polar surface area (TPSA) is 81.5 Å². The molecule has 3 rings (SSSR count). The van der Waals surface area contributed by atoms with E-state index in [2.05, 4.69) is 0 Å². The molecule has 6 nitrogen and oxygen atoms in total. The van der Waals surface area contributed by atoms with Crippen LogP contribution in [-0.2, 0) is 14.8 Å². The van der Waals surface area contributed by atoms with Crippen molar-refractivity contribution in [1.82, 2.24) is 9.21 Å². The van der Waals surface area contributed by atoms with E-state index in [0.29, 0.717) is 18.4 Å². The molecule has 0 aromatic heterocycles. The summed E-state index contributed by atoms with van der Waals surface area (Å²) in [4.78, 5) is 14.7. The molecule has 1 aliphatic heterocycles. The van der Waals surface area contributed by atoms with E-state index in [1.807, 2.05) is 13.0 Å². The molecular weight excluding hydrogens is 405 g/mol. The zero-order chi connectivity index (χ0) is 21.9. The first kappa shape index (κ1) is 21.9. The molecule has 2 aromatic carbocycles. The zero-order valence-corrected chi connectivity index (χ0v) is 17.8. The van der Waals surface area contributed by atoms with Crippen LogP contribution in [-0.4, -0.2) is 43.7 Å². The summed E-state index contributed by atoms with van der Waals surface area (Å²) in [5, 5.41) is 8.87. The van der Waals surface area contributed by atoms with Gasteiger partial charge in [0.15, 0.2) is 0 Å². The summed E-state index contributed by atoms with van der Waals surface area (Å²) < 4.78 is 40.2. The lowest BCUT2D eigenvalue weighted by Gasteiger charge is -2.34. The van der Waals surface area contributed by atoms with E-state index in [1.54, 1.807) is 24.1 Å². The van der Waals surface area contributed by atoms with Crippen molar-refractivity contribution in [2.75, 3.05) is 20.1 Å². The molecule has 8 heteroatoms. The molecule has 0 saturated carbocycles. The van der Waals surface area contributed by atoms with Crippen LogP contribution in [0.3, 0.4) is 0 Å². The van der Waals surface area contributed by atoms with Gasteiger partial charge in [-0.2, -0.15) is 9.57 Å². The monoisotopic (exact) mass is 429 g/mol. The van der Waals surface area contributed by atoms with Crippen molar-refractivity contribution in [3.63, 3.8) is 0 Å². The van der Waals surface area contributed by atoms with Crippen LogP contribution in [0.2, 0.25) is 0 Å². The average molecular weight is 430 g/mol. The number of carbonyl (C=O) groups is 1. The predicted octanol–water partition coefficient (Wildman–Crippen LogP) is 3.32. The third-order valence-electron chi connectivity index (χ3n) is 5.71. The second-order valence-corrected chi connectivity index (χ2v) is 9.43. The van der Waals surface area contributed by atoms with Gasteiger partial charge < -0.3 is 4.90 Å². The number of benzene rings is 2. The lowest BCUT2D eigenvalue weighted by Crippen LogP contribution is -2.43. The molecule has 0 spiro atoms. The summed E-state index contributed by atoms with van der Waals surface area (Å²) in [6.45, 7) is 2.41. The van der Waals surface area contributed by atoms with Gasteiger partial charge >= 0.3 is 0 Å². The fraction of sp³-hybridized carbons (Fsp3) is 0.364. The molecule has 1 unspecified atom stereocenters. The van der Waals surface area contributed by atoms with Crippen LogP contribution in [0.15, 0.2) is 53.4 Å². The molecular formula is C22H24FN3O3S. The Bertz CT molecular complexity index is 1040. The second kappa shape index (κ2) is 8.94. The molecule has 1 saturated heterocycles. The molecule has 1 amide bonds. The van der Waals surface area contributed by atoms with E-state index in [1.165, 1.54) is 40.7 Å².